The Balaban J connectivity index is 1.65. The molecular formula is C23H24N8O6. The Morgan fingerprint density at radius 2 is 1.81 bits per heavy atom. The zero-order chi connectivity index (χ0) is 26.4. The molecule has 0 saturated carbocycles. The van der Waals surface area contributed by atoms with E-state index in [1.54, 1.807) is 36.4 Å². The largest absolute Gasteiger partial charge is 0.494 e. The first kappa shape index (κ1) is 25.0. The summed E-state index contributed by atoms with van der Waals surface area (Å²) >= 11 is 0. The van der Waals surface area contributed by atoms with E-state index in [0.29, 0.717) is 46.4 Å². The van der Waals surface area contributed by atoms with Gasteiger partial charge in [-0.3, -0.25) is 4.79 Å². The number of nitrogen functional groups attached to an aromatic ring is 1. The molecule has 2 aromatic heterocycles. The lowest BCUT2D eigenvalue weighted by Crippen LogP contribution is -2.19. The second-order valence-corrected chi connectivity index (χ2v) is 7.29. The van der Waals surface area contributed by atoms with E-state index < -0.39 is 5.91 Å². The lowest BCUT2D eigenvalue weighted by molar-refractivity contribution is 0.0950. The number of nitrogens with two attached hydrogens (primary N) is 1. The van der Waals surface area contributed by atoms with Crippen LogP contribution in [-0.4, -0.2) is 65.4 Å². The fourth-order valence-corrected chi connectivity index (χ4v) is 3.45. The van der Waals surface area contributed by atoms with Gasteiger partial charge in [0.15, 0.2) is 17.2 Å². The van der Waals surface area contributed by atoms with Crippen LogP contribution in [0.25, 0.3) is 17.1 Å². The van der Waals surface area contributed by atoms with Gasteiger partial charge in [0.05, 0.1) is 34.2 Å². The molecule has 0 unspecified atom stereocenters. The fraction of sp³-hybridized carbons (Fsp3) is 0.217. The minimum Gasteiger partial charge on any atom is -0.494 e. The topological polar surface area (TPSA) is 174 Å². The van der Waals surface area contributed by atoms with E-state index in [9.17, 15) is 4.79 Å². The molecule has 1 amide bonds. The Morgan fingerprint density at radius 1 is 1.11 bits per heavy atom. The maximum Gasteiger partial charge on any atom is 0.294 e. The zero-order valence-electron chi connectivity index (χ0n) is 20.5. The van der Waals surface area contributed by atoms with Crippen molar-refractivity contribution in [2.75, 3.05) is 33.7 Å². The van der Waals surface area contributed by atoms with Crippen LogP contribution in [0.15, 0.2) is 46.1 Å². The monoisotopic (exact) mass is 508 g/mol. The third kappa shape index (κ3) is 5.12. The van der Waals surface area contributed by atoms with Crippen LogP contribution in [0.2, 0.25) is 0 Å². The quantitative estimate of drug-likeness (QED) is 0.237. The number of benzene rings is 2. The molecule has 37 heavy (non-hydrogen) atoms. The number of hydrogen-bond acceptors (Lipinski definition) is 12. The summed E-state index contributed by atoms with van der Waals surface area (Å²) in [5, 5.41) is 19.5. The van der Waals surface area contributed by atoms with E-state index in [0.717, 1.165) is 0 Å². The van der Waals surface area contributed by atoms with E-state index in [1.165, 1.54) is 32.2 Å². The lowest BCUT2D eigenvalue weighted by Gasteiger charge is -2.12. The minimum atomic E-state index is -0.631. The van der Waals surface area contributed by atoms with Gasteiger partial charge < -0.3 is 24.7 Å². The van der Waals surface area contributed by atoms with Crippen LogP contribution < -0.4 is 30.1 Å². The molecule has 14 heteroatoms. The lowest BCUT2D eigenvalue weighted by atomic mass is 10.1. The SMILES string of the molecule is CCOc1ccc(-c2c(C(=O)N/N=C\c3cc(OC)c(OC)c(OC)c3)nnn2-c2nonc2N)cc1. The standard InChI is InChI=1S/C23H24N8O6/c1-5-36-15-8-6-14(7-9-15)19-18(26-30-31(19)22-21(24)28-37-29-22)23(32)27-25-12-13-10-16(33-2)20(35-4)17(11-13)34-3/h6-12H,5H2,1-4H3,(H2,24,28)(H,27,32)/b25-12-. The summed E-state index contributed by atoms with van der Waals surface area (Å²) in [6.45, 7) is 2.39. The number of rotatable bonds is 10. The van der Waals surface area contributed by atoms with E-state index in [4.69, 9.17) is 29.3 Å². The second-order valence-electron chi connectivity index (χ2n) is 7.29. The molecule has 2 heterocycles. The van der Waals surface area contributed by atoms with Crippen molar-refractivity contribution < 1.29 is 28.4 Å². The molecule has 0 fully saturated rings. The average molecular weight is 508 g/mol. The van der Waals surface area contributed by atoms with E-state index in [-0.39, 0.29) is 17.3 Å². The minimum absolute atomic E-state index is 0.0236. The number of hydrazone groups is 1. The van der Waals surface area contributed by atoms with Gasteiger partial charge in [0.1, 0.15) is 11.4 Å². The van der Waals surface area contributed by atoms with Gasteiger partial charge in [0.25, 0.3) is 5.91 Å². The summed E-state index contributed by atoms with van der Waals surface area (Å²) in [5.41, 5.74) is 9.75. The molecule has 14 nitrogen and oxygen atoms in total. The molecule has 0 radical (unpaired) electrons. The maximum absolute atomic E-state index is 13.1. The van der Waals surface area contributed by atoms with Crippen molar-refractivity contribution in [3.63, 3.8) is 0 Å². The van der Waals surface area contributed by atoms with Gasteiger partial charge in [0, 0.05) is 11.1 Å². The Bertz CT molecular complexity index is 1390. The molecule has 3 N–H and O–H groups in total. The van der Waals surface area contributed by atoms with Crippen LogP contribution in [0, 0.1) is 0 Å². The van der Waals surface area contributed by atoms with Crippen molar-refractivity contribution in [2.45, 2.75) is 6.92 Å². The highest BCUT2D eigenvalue weighted by molar-refractivity contribution is 5.99. The molecule has 4 aromatic rings. The van der Waals surface area contributed by atoms with Gasteiger partial charge in [-0.1, -0.05) is 5.21 Å². The summed E-state index contributed by atoms with van der Waals surface area (Å²) in [4.78, 5) is 13.1. The fourth-order valence-electron chi connectivity index (χ4n) is 3.45. The third-order valence-corrected chi connectivity index (χ3v) is 5.09. The number of carbonyl (C=O) groups is 1. The van der Waals surface area contributed by atoms with Crippen LogP contribution >= 0.6 is 0 Å². The molecule has 0 spiro atoms. The van der Waals surface area contributed by atoms with Crippen molar-refractivity contribution in [3.8, 4) is 40.1 Å². The van der Waals surface area contributed by atoms with Crippen molar-refractivity contribution in [3.05, 3.63) is 47.7 Å². The van der Waals surface area contributed by atoms with Crippen LogP contribution in [0.3, 0.4) is 0 Å². The molecule has 2 aromatic carbocycles. The molecule has 0 atom stereocenters. The van der Waals surface area contributed by atoms with E-state index in [2.05, 4.69) is 31.2 Å². The van der Waals surface area contributed by atoms with Gasteiger partial charge in [0.2, 0.25) is 17.4 Å². The number of aromatic nitrogens is 5. The maximum atomic E-state index is 13.1. The molecule has 0 aliphatic carbocycles. The summed E-state index contributed by atoms with van der Waals surface area (Å²) in [6.07, 6.45) is 1.42. The number of hydrogen-bond donors (Lipinski definition) is 2. The van der Waals surface area contributed by atoms with E-state index in [1.807, 2.05) is 6.92 Å². The van der Waals surface area contributed by atoms with Crippen LogP contribution in [0.1, 0.15) is 23.0 Å². The molecule has 0 bridgehead atoms. The van der Waals surface area contributed by atoms with Gasteiger partial charge in [-0.2, -0.15) is 9.78 Å². The highest BCUT2D eigenvalue weighted by Crippen LogP contribution is 2.37. The third-order valence-electron chi connectivity index (χ3n) is 5.09. The average Bonchev–Trinajstić information content (AvgIpc) is 3.54. The molecule has 4 rings (SSSR count). The molecule has 0 aliphatic heterocycles. The first-order valence-electron chi connectivity index (χ1n) is 10.9. The van der Waals surface area contributed by atoms with Crippen LogP contribution in [-0.2, 0) is 0 Å². The highest BCUT2D eigenvalue weighted by atomic mass is 16.6. The van der Waals surface area contributed by atoms with Crippen molar-refractivity contribution in [1.29, 1.82) is 0 Å². The predicted molar refractivity (Wildman–Crippen MR) is 131 cm³/mol. The Morgan fingerprint density at radius 3 is 2.38 bits per heavy atom. The molecule has 192 valence electrons. The summed E-state index contributed by atoms with van der Waals surface area (Å²) < 4.78 is 27.5. The first-order valence-corrected chi connectivity index (χ1v) is 10.9. The van der Waals surface area contributed by atoms with Gasteiger partial charge in [-0.05, 0) is 53.6 Å². The van der Waals surface area contributed by atoms with Crippen LogP contribution in [0.4, 0.5) is 5.82 Å². The summed E-state index contributed by atoms with van der Waals surface area (Å²) in [7, 11) is 4.51. The predicted octanol–water partition coefficient (Wildman–Crippen LogP) is 2.09. The van der Waals surface area contributed by atoms with Crippen molar-refractivity contribution in [1.82, 2.24) is 30.7 Å². The number of anilines is 1. The number of nitrogens with zero attached hydrogens (tertiary/aromatic N) is 6. The van der Waals surface area contributed by atoms with Crippen LogP contribution in [0.5, 0.6) is 23.0 Å². The van der Waals surface area contributed by atoms with Gasteiger partial charge in [-0.15, -0.1) is 5.10 Å². The number of nitrogens with one attached hydrogen (secondary N) is 1. The number of carbonyl (C=O) groups excluding carboxylic acids is 1. The molecule has 0 aliphatic rings. The Labute approximate surface area is 210 Å². The smallest absolute Gasteiger partial charge is 0.294 e. The normalized spacial score (nSPS) is 10.9. The first-order chi connectivity index (χ1) is 18.0. The highest BCUT2D eigenvalue weighted by Gasteiger charge is 2.25. The summed E-state index contributed by atoms with van der Waals surface area (Å²) in [6, 6.07) is 10.4. The number of amides is 1. The number of methoxy groups -OCH3 is 3. The Hall–Kier alpha value is -5.14. The van der Waals surface area contributed by atoms with E-state index >= 15 is 0 Å². The zero-order valence-corrected chi connectivity index (χ0v) is 20.5. The van der Waals surface area contributed by atoms with Crippen molar-refractivity contribution in [2.24, 2.45) is 5.10 Å². The summed E-state index contributed by atoms with van der Waals surface area (Å²) in [5.74, 6) is 1.40. The number of ether oxygens (including phenoxy) is 4. The van der Waals surface area contributed by atoms with Gasteiger partial charge in [-0.25, -0.2) is 10.1 Å². The van der Waals surface area contributed by atoms with Crippen molar-refractivity contribution >= 4 is 17.9 Å². The molecular weight excluding hydrogens is 484 g/mol. The van der Waals surface area contributed by atoms with Gasteiger partial charge >= 0.3 is 0 Å². The molecule has 0 saturated heterocycles. The second kappa shape index (κ2) is 11.1. The Kier molecular flexibility index (Phi) is 7.47.